The molecule has 0 saturated heterocycles. The van der Waals surface area contributed by atoms with E-state index in [9.17, 15) is 9.59 Å². The highest BCUT2D eigenvalue weighted by molar-refractivity contribution is 5.81. The predicted molar refractivity (Wildman–Crippen MR) is 51.0 cm³/mol. The van der Waals surface area contributed by atoms with Crippen LogP contribution in [0.4, 0.5) is 0 Å². The van der Waals surface area contributed by atoms with Crippen LogP contribution in [0.3, 0.4) is 0 Å². The number of carboxylic acid groups (broad SMARTS) is 1. The van der Waals surface area contributed by atoms with Gasteiger partial charge in [0.15, 0.2) is 0 Å². The first kappa shape index (κ1) is 12.9. The van der Waals surface area contributed by atoms with Crippen molar-refractivity contribution in [1.82, 2.24) is 4.90 Å². The average Bonchev–Trinajstić information content (AvgIpc) is 2.02. The Balaban J connectivity index is 4.14. The number of nitrogens with zero attached hydrogens (tertiary/aromatic N) is 1. The van der Waals surface area contributed by atoms with Gasteiger partial charge < -0.3 is 14.7 Å². The molecule has 0 saturated carbocycles. The number of likely N-dealkylation sites (N-methyl/N-ethyl adjacent to an activating group) is 1. The predicted octanol–water partition coefficient (Wildman–Crippen LogP) is 0.344. The summed E-state index contributed by atoms with van der Waals surface area (Å²) in [4.78, 5) is 22.9. The lowest BCUT2D eigenvalue weighted by Crippen LogP contribution is -2.37. The van der Waals surface area contributed by atoms with Crippen LogP contribution < -0.4 is 0 Å². The molecule has 5 heteroatoms. The third-order valence-electron chi connectivity index (χ3n) is 1.93. The second-order valence-corrected chi connectivity index (χ2v) is 3.78. The van der Waals surface area contributed by atoms with Crippen LogP contribution in [-0.2, 0) is 14.3 Å². The number of hydrogen-bond acceptors (Lipinski definition) is 3. The van der Waals surface area contributed by atoms with Crippen LogP contribution in [0.5, 0.6) is 0 Å². The van der Waals surface area contributed by atoms with E-state index >= 15 is 0 Å². The molecule has 0 aromatic heterocycles. The van der Waals surface area contributed by atoms with Crippen molar-refractivity contribution in [1.29, 1.82) is 0 Å². The molecule has 0 rings (SSSR count). The fourth-order valence-electron chi connectivity index (χ4n) is 0.862. The third kappa shape index (κ3) is 4.81. The fourth-order valence-corrected chi connectivity index (χ4v) is 0.862. The molecule has 0 aromatic carbocycles. The van der Waals surface area contributed by atoms with Gasteiger partial charge in [0.1, 0.15) is 6.54 Å². The first-order chi connectivity index (χ1) is 6.28. The number of methoxy groups -OCH3 is 1. The van der Waals surface area contributed by atoms with E-state index in [1.165, 1.54) is 19.1 Å². The highest BCUT2D eigenvalue weighted by Crippen LogP contribution is 2.13. The van der Waals surface area contributed by atoms with E-state index in [1.54, 1.807) is 13.8 Å². The zero-order valence-corrected chi connectivity index (χ0v) is 9.03. The van der Waals surface area contributed by atoms with Crippen molar-refractivity contribution in [3.05, 3.63) is 0 Å². The molecule has 0 bridgehead atoms. The molecule has 0 aliphatic carbocycles. The summed E-state index contributed by atoms with van der Waals surface area (Å²) < 4.78 is 5.07. The molecule has 82 valence electrons. The molecular formula is C9H17NO4. The first-order valence-electron chi connectivity index (χ1n) is 4.29. The summed E-state index contributed by atoms with van der Waals surface area (Å²) in [6.45, 7) is 3.28. The van der Waals surface area contributed by atoms with E-state index in [2.05, 4.69) is 0 Å². The number of ether oxygens (including phenoxy) is 1. The molecule has 0 radical (unpaired) electrons. The average molecular weight is 203 g/mol. The van der Waals surface area contributed by atoms with Gasteiger partial charge in [0.05, 0.1) is 12.0 Å². The van der Waals surface area contributed by atoms with Crippen LogP contribution in [0, 0.1) is 0 Å². The maximum atomic E-state index is 11.4. The molecule has 0 aromatic rings. The summed E-state index contributed by atoms with van der Waals surface area (Å²) in [5, 5.41) is 8.46. The Morgan fingerprint density at radius 1 is 1.43 bits per heavy atom. The SMILES string of the molecule is COC(C)(C)CC(=O)N(C)CC(=O)O. The van der Waals surface area contributed by atoms with Crippen molar-refractivity contribution in [3.8, 4) is 0 Å². The maximum Gasteiger partial charge on any atom is 0.323 e. The summed E-state index contributed by atoms with van der Waals surface area (Å²) in [5.74, 6) is -1.25. The highest BCUT2D eigenvalue weighted by atomic mass is 16.5. The number of aliphatic carboxylic acids is 1. The largest absolute Gasteiger partial charge is 0.480 e. The van der Waals surface area contributed by atoms with Gasteiger partial charge in [0, 0.05) is 14.2 Å². The lowest BCUT2D eigenvalue weighted by Gasteiger charge is -2.24. The van der Waals surface area contributed by atoms with Crippen LogP contribution in [-0.4, -0.2) is 48.2 Å². The van der Waals surface area contributed by atoms with Gasteiger partial charge in [-0.2, -0.15) is 0 Å². The molecule has 0 fully saturated rings. The number of hydrogen-bond donors (Lipinski definition) is 1. The molecule has 0 aliphatic rings. The van der Waals surface area contributed by atoms with Crippen LogP contribution in [0.15, 0.2) is 0 Å². The van der Waals surface area contributed by atoms with Gasteiger partial charge in [0.25, 0.3) is 0 Å². The molecule has 0 unspecified atom stereocenters. The zero-order valence-electron chi connectivity index (χ0n) is 9.03. The van der Waals surface area contributed by atoms with E-state index in [4.69, 9.17) is 9.84 Å². The first-order valence-corrected chi connectivity index (χ1v) is 4.29. The van der Waals surface area contributed by atoms with Crippen LogP contribution in [0.1, 0.15) is 20.3 Å². The van der Waals surface area contributed by atoms with E-state index < -0.39 is 11.6 Å². The van der Waals surface area contributed by atoms with Crippen molar-refractivity contribution < 1.29 is 19.4 Å². The lowest BCUT2D eigenvalue weighted by molar-refractivity contribution is -0.145. The Morgan fingerprint density at radius 2 is 1.93 bits per heavy atom. The van der Waals surface area contributed by atoms with Gasteiger partial charge in [-0.3, -0.25) is 9.59 Å². The smallest absolute Gasteiger partial charge is 0.323 e. The Hall–Kier alpha value is -1.10. The molecule has 1 amide bonds. The second kappa shape index (κ2) is 4.95. The van der Waals surface area contributed by atoms with Gasteiger partial charge in [-0.15, -0.1) is 0 Å². The monoisotopic (exact) mass is 203 g/mol. The molecule has 14 heavy (non-hydrogen) atoms. The standard InChI is InChI=1S/C9H17NO4/c1-9(2,14-4)5-7(11)10(3)6-8(12)13/h5-6H2,1-4H3,(H,12,13). The maximum absolute atomic E-state index is 11.4. The van der Waals surface area contributed by atoms with Crippen molar-refractivity contribution in [2.75, 3.05) is 20.7 Å². The summed E-state index contributed by atoms with van der Waals surface area (Å²) >= 11 is 0. The number of amides is 1. The summed E-state index contributed by atoms with van der Waals surface area (Å²) in [6, 6.07) is 0. The van der Waals surface area contributed by atoms with Gasteiger partial charge in [0.2, 0.25) is 5.91 Å². The van der Waals surface area contributed by atoms with E-state index in [0.717, 1.165) is 0 Å². The van der Waals surface area contributed by atoms with E-state index in [-0.39, 0.29) is 18.9 Å². The number of rotatable bonds is 5. The van der Waals surface area contributed by atoms with Crippen LogP contribution in [0.2, 0.25) is 0 Å². The number of carbonyl (C=O) groups excluding carboxylic acids is 1. The van der Waals surface area contributed by atoms with Gasteiger partial charge in [-0.25, -0.2) is 0 Å². The van der Waals surface area contributed by atoms with Crippen molar-refractivity contribution in [3.63, 3.8) is 0 Å². The van der Waals surface area contributed by atoms with E-state index in [1.807, 2.05) is 0 Å². The van der Waals surface area contributed by atoms with Crippen molar-refractivity contribution in [2.45, 2.75) is 25.9 Å². The minimum Gasteiger partial charge on any atom is -0.480 e. The zero-order chi connectivity index (χ0) is 11.4. The minimum atomic E-state index is -1.02. The number of carbonyl (C=O) groups is 2. The Labute approximate surface area is 83.6 Å². The molecule has 0 atom stereocenters. The Kier molecular flexibility index (Phi) is 4.56. The highest BCUT2D eigenvalue weighted by Gasteiger charge is 2.23. The topological polar surface area (TPSA) is 66.8 Å². The minimum absolute atomic E-state index is 0.174. The molecule has 0 heterocycles. The summed E-state index contributed by atoms with van der Waals surface area (Å²) in [5.41, 5.74) is -0.552. The quantitative estimate of drug-likeness (QED) is 0.700. The molecule has 5 nitrogen and oxygen atoms in total. The van der Waals surface area contributed by atoms with Crippen LogP contribution in [0.25, 0.3) is 0 Å². The fraction of sp³-hybridized carbons (Fsp3) is 0.778. The Bertz CT molecular complexity index is 225. The Morgan fingerprint density at radius 3 is 2.29 bits per heavy atom. The molecule has 1 N–H and O–H groups in total. The second-order valence-electron chi connectivity index (χ2n) is 3.78. The summed E-state index contributed by atoms with van der Waals surface area (Å²) in [7, 11) is 2.98. The molecular weight excluding hydrogens is 186 g/mol. The van der Waals surface area contributed by atoms with Gasteiger partial charge in [-0.05, 0) is 13.8 Å². The van der Waals surface area contributed by atoms with Gasteiger partial charge in [-0.1, -0.05) is 0 Å². The summed E-state index contributed by atoms with van der Waals surface area (Å²) in [6.07, 6.45) is 0.174. The molecule has 0 spiro atoms. The van der Waals surface area contributed by atoms with Gasteiger partial charge >= 0.3 is 5.97 Å². The van der Waals surface area contributed by atoms with Crippen molar-refractivity contribution >= 4 is 11.9 Å². The normalized spacial score (nSPS) is 11.1. The third-order valence-corrected chi connectivity index (χ3v) is 1.93. The van der Waals surface area contributed by atoms with E-state index in [0.29, 0.717) is 0 Å². The lowest BCUT2D eigenvalue weighted by atomic mass is 10.0. The molecule has 0 aliphatic heterocycles. The number of carboxylic acids is 1. The van der Waals surface area contributed by atoms with Crippen LogP contribution >= 0.6 is 0 Å². The van der Waals surface area contributed by atoms with Crippen molar-refractivity contribution in [2.24, 2.45) is 0 Å².